The van der Waals surface area contributed by atoms with E-state index >= 15 is 0 Å². The van der Waals surface area contributed by atoms with Crippen LogP contribution < -0.4 is 18.1 Å². The summed E-state index contributed by atoms with van der Waals surface area (Å²) in [6, 6.07) is 0. The van der Waals surface area contributed by atoms with E-state index in [4.69, 9.17) is 5.73 Å². The topological polar surface area (TPSA) is 35.2 Å². The molecule has 0 unspecified atom stereocenters. The third kappa shape index (κ3) is 10.9. The molecule has 0 saturated carbocycles. The van der Waals surface area contributed by atoms with Gasteiger partial charge in [-0.05, 0) is 0 Å². The minimum atomic E-state index is -4.23. The molecule has 0 bridgehead atoms. The zero-order chi connectivity index (χ0) is 7.33. The lowest BCUT2D eigenvalue weighted by Crippen LogP contribution is -3.00. The molecule has 0 aromatic carbocycles. The predicted molar refractivity (Wildman–Crippen MR) is 25.9 cm³/mol. The van der Waals surface area contributed by atoms with Gasteiger partial charge in [-0.15, -0.1) is 0 Å². The Morgan fingerprint density at radius 2 is 1.80 bits per heavy atom. The number of nitrogens with two attached hydrogens (primary N) is 1. The summed E-state index contributed by atoms with van der Waals surface area (Å²) >= 11 is 0. The first-order valence-electron chi connectivity index (χ1n) is 2.41. The van der Waals surface area contributed by atoms with Crippen LogP contribution in [0.15, 0.2) is 0 Å². The molecule has 2 N–H and O–H groups in total. The van der Waals surface area contributed by atoms with Crippen molar-refractivity contribution in [1.82, 2.24) is 0 Å². The van der Waals surface area contributed by atoms with Gasteiger partial charge in [0.2, 0.25) is 0 Å². The molecule has 0 amide bonds. The van der Waals surface area contributed by atoms with E-state index in [1.165, 1.54) is 0 Å². The number of halogens is 4. The largest absolute Gasteiger partial charge is 1.00 e. The Morgan fingerprint density at radius 1 is 1.30 bits per heavy atom. The summed E-state index contributed by atoms with van der Waals surface area (Å²) in [7, 11) is 0. The fourth-order valence-electron chi connectivity index (χ4n) is 0.271. The Hall–Kier alpha value is -0.0000000000000000555. The Balaban J connectivity index is 0. The van der Waals surface area contributed by atoms with Crippen LogP contribution in [0.4, 0.5) is 13.2 Å². The third-order valence-corrected chi connectivity index (χ3v) is 0.528. The average molecular weight is 179 g/mol. The Kier molecular flexibility index (Phi) is 7.29. The molecule has 0 aromatic rings. The molecule has 0 aliphatic carbocycles. The quantitative estimate of drug-likeness (QED) is 0.486. The van der Waals surface area contributed by atoms with Crippen LogP contribution in [0.3, 0.4) is 0 Å². The van der Waals surface area contributed by atoms with Crippen LogP contribution in [-0.4, -0.2) is 25.9 Å². The van der Waals surface area contributed by atoms with Crippen molar-refractivity contribution in [2.45, 2.75) is 6.18 Å². The highest BCUT2D eigenvalue weighted by Gasteiger charge is 2.26. The SMILES string of the molecule is NCCOCC(F)(F)F.[Cl-]. The Morgan fingerprint density at radius 3 is 2.10 bits per heavy atom. The zero-order valence-electron chi connectivity index (χ0n) is 5.12. The third-order valence-electron chi connectivity index (χ3n) is 0.528. The summed E-state index contributed by atoms with van der Waals surface area (Å²) in [6.07, 6.45) is -4.23. The number of hydrogen-bond donors (Lipinski definition) is 1. The minimum Gasteiger partial charge on any atom is -1.00 e. The van der Waals surface area contributed by atoms with E-state index in [1.807, 2.05) is 0 Å². The summed E-state index contributed by atoms with van der Waals surface area (Å²) in [6.45, 7) is -1.13. The molecule has 0 aliphatic rings. The smallest absolute Gasteiger partial charge is 0.411 e. The normalized spacial score (nSPS) is 10.8. The van der Waals surface area contributed by atoms with Gasteiger partial charge < -0.3 is 22.9 Å². The van der Waals surface area contributed by atoms with E-state index in [9.17, 15) is 13.2 Å². The molecule has 64 valence electrons. The van der Waals surface area contributed by atoms with Gasteiger partial charge in [0.05, 0.1) is 6.61 Å². The second kappa shape index (κ2) is 5.76. The van der Waals surface area contributed by atoms with Crippen LogP contribution in [0.1, 0.15) is 0 Å². The predicted octanol–water partition coefficient (Wildman–Crippen LogP) is -2.47. The number of hydrogen-bond acceptors (Lipinski definition) is 2. The van der Waals surface area contributed by atoms with Gasteiger partial charge >= 0.3 is 6.18 Å². The van der Waals surface area contributed by atoms with Gasteiger partial charge in [0.25, 0.3) is 0 Å². The zero-order valence-corrected chi connectivity index (χ0v) is 5.87. The van der Waals surface area contributed by atoms with Crippen molar-refractivity contribution in [2.24, 2.45) is 5.73 Å². The molecule has 0 saturated heterocycles. The van der Waals surface area contributed by atoms with E-state index in [2.05, 4.69) is 4.74 Å². The lowest BCUT2D eigenvalue weighted by Gasteiger charge is -2.04. The van der Waals surface area contributed by atoms with Gasteiger partial charge in [-0.25, -0.2) is 0 Å². The van der Waals surface area contributed by atoms with Crippen LogP contribution in [-0.2, 0) is 4.74 Å². The van der Waals surface area contributed by atoms with Crippen LogP contribution >= 0.6 is 0 Å². The molecule has 10 heavy (non-hydrogen) atoms. The molecule has 0 heterocycles. The second-order valence-corrected chi connectivity index (χ2v) is 1.46. The summed E-state index contributed by atoms with van der Waals surface area (Å²) in [5.41, 5.74) is 4.87. The van der Waals surface area contributed by atoms with Crippen molar-refractivity contribution in [2.75, 3.05) is 19.8 Å². The maximum Gasteiger partial charge on any atom is 0.411 e. The first-order chi connectivity index (χ1) is 4.06. The molecule has 0 spiro atoms. The minimum absolute atomic E-state index is 0. The monoisotopic (exact) mass is 178 g/mol. The summed E-state index contributed by atoms with van der Waals surface area (Å²) < 4.78 is 37.7. The van der Waals surface area contributed by atoms with Crippen LogP contribution in [0.25, 0.3) is 0 Å². The molecule has 2 nitrogen and oxygen atoms in total. The lowest BCUT2D eigenvalue weighted by atomic mass is 10.7. The molecular formula is C4H8ClF3NO-. The number of alkyl halides is 3. The van der Waals surface area contributed by atoms with Gasteiger partial charge in [-0.3, -0.25) is 0 Å². The lowest BCUT2D eigenvalue weighted by molar-refractivity contribution is -0.173. The van der Waals surface area contributed by atoms with E-state index < -0.39 is 12.8 Å². The Labute approximate surface area is 62.9 Å². The number of ether oxygens (including phenoxy) is 1. The summed E-state index contributed by atoms with van der Waals surface area (Å²) in [5, 5.41) is 0. The van der Waals surface area contributed by atoms with Crippen LogP contribution in [0.2, 0.25) is 0 Å². The van der Waals surface area contributed by atoms with Gasteiger partial charge in [0.15, 0.2) is 0 Å². The van der Waals surface area contributed by atoms with Crippen molar-refractivity contribution in [3.8, 4) is 0 Å². The van der Waals surface area contributed by atoms with Gasteiger partial charge in [0.1, 0.15) is 6.61 Å². The van der Waals surface area contributed by atoms with E-state index in [0.29, 0.717) is 0 Å². The average Bonchev–Trinajstić information content (AvgIpc) is 1.63. The Bertz CT molecular complexity index is 77.4. The molecule has 0 fully saturated rings. The maximum absolute atomic E-state index is 11.2. The van der Waals surface area contributed by atoms with Gasteiger partial charge in [-0.2, -0.15) is 13.2 Å². The molecule has 0 aromatic heterocycles. The summed E-state index contributed by atoms with van der Waals surface area (Å²) in [5.74, 6) is 0. The molecule has 0 atom stereocenters. The van der Waals surface area contributed by atoms with Crippen molar-refractivity contribution in [3.63, 3.8) is 0 Å². The molecule has 0 aliphatic heterocycles. The molecule has 0 rings (SSSR count). The van der Waals surface area contributed by atoms with Crippen molar-refractivity contribution >= 4 is 0 Å². The van der Waals surface area contributed by atoms with Crippen LogP contribution in [0, 0.1) is 0 Å². The highest BCUT2D eigenvalue weighted by atomic mass is 35.5. The second-order valence-electron chi connectivity index (χ2n) is 1.46. The summed E-state index contributed by atoms with van der Waals surface area (Å²) in [4.78, 5) is 0. The number of rotatable bonds is 3. The maximum atomic E-state index is 11.2. The first kappa shape index (κ1) is 12.7. The molecule has 6 heteroatoms. The highest BCUT2D eigenvalue weighted by molar-refractivity contribution is 4.44. The van der Waals surface area contributed by atoms with E-state index in [1.54, 1.807) is 0 Å². The van der Waals surface area contributed by atoms with Crippen LogP contribution in [0.5, 0.6) is 0 Å². The van der Waals surface area contributed by atoms with Crippen molar-refractivity contribution < 1.29 is 30.3 Å². The van der Waals surface area contributed by atoms with Gasteiger partial charge in [0, 0.05) is 6.54 Å². The van der Waals surface area contributed by atoms with E-state index in [0.717, 1.165) is 0 Å². The van der Waals surface area contributed by atoms with Crippen molar-refractivity contribution in [1.29, 1.82) is 0 Å². The fourth-order valence-corrected chi connectivity index (χ4v) is 0.271. The highest BCUT2D eigenvalue weighted by Crippen LogP contribution is 2.13. The molecule has 0 radical (unpaired) electrons. The van der Waals surface area contributed by atoms with Crippen molar-refractivity contribution in [3.05, 3.63) is 0 Å². The fraction of sp³-hybridized carbons (Fsp3) is 1.00. The van der Waals surface area contributed by atoms with E-state index in [-0.39, 0.29) is 25.6 Å². The molecular weight excluding hydrogens is 170 g/mol. The first-order valence-corrected chi connectivity index (χ1v) is 2.41. The standard InChI is InChI=1S/C4H8F3NO.ClH/c5-4(6,7)3-9-2-1-8;/h1-3,8H2;1H/p-1. The van der Waals surface area contributed by atoms with Gasteiger partial charge in [-0.1, -0.05) is 0 Å².